The van der Waals surface area contributed by atoms with E-state index < -0.39 is 11.9 Å². The van der Waals surface area contributed by atoms with Crippen molar-refractivity contribution < 1.29 is 19.7 Å². The molecule has 0 amide bonds. The van der Waals surface area contributed by atoms with Gasteiger partial charge in [-0.3, -0.25) is 9.78 Å². The van der Waals surface area contributed by atoms with Crippen molar-refractivity contribution in [3.8, 4) is 5.75 Å². The molecule has 1 aliphatic heterocycles. The molecule has 0 spiro atoms. The van der Waals surface area contributed by atoms with Gasteiger partial charge >= 0.3 is 5.97 Å². The molecule has 3 rings (SSSR count). The van der Waals surface area contributed by atoms with Crippen LogP contribution in [0.2, 0.25) is 5.02 Å². The van der Waals surface area contributed by atoms with E-state index >= 15 is 0 Å². The number of halogens is 2. The summed E-state index contributed by atoms with van der Waals surface area (Å²) in [5.41, 5.74) is 1.62. The number of aromatic nitrogens is 1. The number of nitrogens with zero attached hydrogens (tertiary/aromatic N) is 1. The number of methoxy groups -OCH3 is 1. The summed E-state index contributed by atoms with van der Waals surface area (Å²) in [5, 5.41) is 23.8. The van der Waals surface area contributed by atoms with E-state index in [9.17, 15) is 15.0 Å². The van der Waals surface area contributed by atoms with Crippen molar-refractivity contribution >= 4 is 40.9 Å². The summed E-state index contributed by atoms with van der Waals surface area (Å²) in [5.74, 6) is -0.948. The van der Waals surface area contributed by atoms with Crippen LogP contribution in [0.4, 0.5) is 0 Å². The normalized spacial score (nSPS) is 20.7. The fraction of sp³-hybridized carbons (Fsp3) is 0.474. The first-order chi connectivity index (χ1) is 12.6. The number of nitrogens with one attached hydrogen (secondary N) is 1. The molecule has 148 valence electrons. The minimum absolute atomic E-state index is 0. The Labute approximate surface area is 169 Å². The molecular weight excluding hydrogens is 391 g/mol. The van der Waals surface area contributed by atoms with E-state index in [4.69, 9.17) is 16.3 Å². The summed E-state index contributed by atoms with van der Waals surface area (Å²) in [6.45, 7) is 1.14. The van der Waals surface area contributed by atoms with Gasteiger partial charge in [-0.15, -0.1) is 12.4 Å². The number of ether oxygens (including phenoxy) is 1. The summed E-state index contributed by atoms with van der Waals surface area (Å²) in [7, 11) is 1.59. The van der Waals surface area contributed by atoms with Crippen molar-refractivity contribution in [2.75, 3.05) is 26.8 Å². The van der Waals surface area contributed by atoms with Crippen molar-refractivity contribution in [1.29, 1.82) is 0 Å². The zero-order valence-corrected chi connectivity index (χ0v) is 16.6. The van der Waals surface area contributed by atoms with Crippen LogP contribution < -0.4 is 10.1 Å². The second-order valence-corrected chi connectivity index (χ2v) is 7.03. The monoisotopic (exact) mass is 414 g/mol. The highest BCUT2D eigenvalue weighted by molar-refractivity contribution is 6.32. The van der Waals surface area contributed by atoms with Gasteiger partial charge in [-0.05, 0) is 55.0 Å². The second kappa shape index (κ2) is 9.55. The second-order valence-electron chi connectivity index (χ2n) is 6.62. The van der Waals surface area contributed by atoms with Crippen molar-refractivity contribution in [3.05, 3.63) is 35.0 Å². The molecular formula is C19H24Cl2N2O4. The average molecular weight is 415 g/mol. The number of carboxylic acids is 1. The first-order valence-electron chi connectivity index (χ1n) is 8.73. The summed E-state index contributed by atoms with van der Waals surface area (Å²) in [4.78, 5) is 16.2. The molecule has 3 atom stereocenters. The van der Waals surface area contributed by atoms with Crippen LogP contribution in [0.1, 0.15) is 24.3 Å². The lowest BCUT2D eigenvalue weighted by Gasteiger charge is -2.36. The zero-order chi connectivity index (χ0) is 18.7. The van der Waals surface area contributed by atoms with E-state index in [1.165, 1.54) is 0 Å². The molecule has 0 saturated carbocycles. The number of aliphatic hydroxyl groups is 1. The first kappa shape index (κ1) is 21.7. The lowest BCUT2D eigenvalue weighted by molar-refractivity contribution is -0.144. The number of benzene rings is 1. The molecule has 3 N–H and O–H groups in total. The molecule has 1 saturated heterocycles. The van der Waals surface area contributed by atoms with Gasteiger partial charge < -0.3 is 20.3 Å². The van der Waals surface area contributed by atoms with E-state index in [0.717, 1.165) is 23.0 Å². The van der Waals surface area contributed by atoms with Gasteiger partial charge in [0, 0.05) is 24.7 Å². The van der Waals surface area contributed by atoms with Gasteiger partial charge in [0.05, 0.1) is 23.6 Å². The minimum Gasteiger partial charge on any atom is -0.497 e. The maximum Gasteiger partial charge on any atom is 0.308 e. The number of aliphatic carboxylic acids is 1. The molecule has 1 aromatic heterocycles. The third kappa shape index (κ3) is 4.46. The van der Waals surface area contributed by atoms with Crippen LogP contribution in [0.25, 0.3) is 10.9 Å². The van der Waals surface area contributed by atoms with Gasteiger partial charge in [0.2, 0.25) is 0 Å². The molecule has 8 heteroatoms. The number of carboxylic acid groups (broad SMARTS) is 1. The molecule has 2 heterocycles. The molecule has 0 aliphatic carbocycles. The third-order valence-corrected chi connectivity index (χ3v) is 5.55. The zero-order valence-electron chi connectivity index (χ0n) is 15.0. The van der Waals surface area contributed by atoms with Crippen LogP contribution in [0.15, 0.2) is 24.4 Å². The smallest absolute Gasteiger partial charge is 0.308 e. The fourth-order valence-corrected chi connectivity index (χ4v) is 4.30. The molecule has 1 fully saturated rings. The number of pyridine rings is 1. The van der Waals surface area contributed by atoms with Crippen molar-refractivity contribution in [1.82, 2.24) is 10.3 Å². The summed E-state index contributed by atoms with van der Waals surface area (Å²) in [6, 6.07) is 5.57. The number of aliphatic hydroxyl groups excluding tert-OH is 1. The van der Waals surface area contributed by atoms with E-state index in [-0.39, 0.29) is 30.8 Å². The van der Waals surface area contributed by atoms with Gasteiger partial charge in [0.25, 0.3) is 0 Å². The maximum absolute atomic E-state index is 11.8. The molecule has 1 aliphatic rings. The minimum atomic E-state index is -0.822. The predicted molar refractivity (Wildman–Crippen MR) is 107 cm³/mol. The highest BCUT2D eigenvalue weighted by Crippen LogP contribution is 2.43. The highest BCUT2D eigenvalue weighted by atomic mass is 35.5. The number of piperidine rings is 1. The Hall–Kier alpha value is -1.60. The summed E-state index contributed by atoms with van der Waals surface area (Å²) < 4.78 is 5.34. The maximum atomic E-state index is 11.8. The quantitative estimate of drug-likeness (QED) is 0.672. The molecule has 1 unspecified atom stereocenters. The standard InChI is InChI=1S/C19H23ClN2O4.ClH/c1-26-11-2-3-17-14(8-11)18(16(20)10-22-17)13(5-7-23)12-4-6-21-9-15(12)19(24)25;/h2-3,8,10,12-13,15,21,23H,4-7,9H2,1H3,(H,24,25);1H/t12?,13-,15-;/m1./s1. The molecule has 1 aromatic carbocycles. The Kier molecular flexibility index (Phi) is 7.68. The number of hydrogen-bond donors (Lipinski definition) is 3. The van der Waals surface area contributed by atoms with Gasteiger partial charge in [0.1, 0.15) is 5.75 Å². The average Bonchev–Trinajstić information content (AvgIpc) is 2.66. The van der Waals surface area contributed by atoms with Crippen LogP contribution in [-0.4, -0.2) is 48.0 Å². The topological polar surface area (TPSA) is 91.7 Å². The van der Waals surface area contributed by atoms with Crippen LogP contribution in [0.5, 0.6) is 5.75 Å². The van der Waals surface area contributed by atoms with Crippen molar-refractivity contribution in [3.63, 3.8) is 0 Å². The van der Waals surface area contributed by atoms with E-state index in [0.29, 0.717) is 30.2 Å². The molecule has 2 aromatic rings. The Morgan fingerprint density at radius 1 is 1.48 bits per heavy atom. The first-order valence-corrected chi connectivity index (χ1v) is 9.11. The highest BCUT2D eigenvalue weighted by Gasteiger charge is 2.38. The number of hydrogen-bond acceptors (Lipinski definition) is 5. The Morgan fingerprint density at radius 3 is 2.93 bits per heavy atom. The largest absolute Gasteiger partial charge is 0.497 e. The van der Waals surface area contributed by atoms with Crippen molar-refractivity contribution in [2.45, 2.75) is 18.8 Å². The van der Waals surface area contributed by atoms with Gasteiger partial charge in [-0.25, -0.2) is 0 Å². The van der Waals surface area contributed by atoms with Crippen LogP contribution in [-0.2, 0) is 4.79 Å². The SMILES string of the molecule is COc1ccc2ncc(Cl)c([C@H](CCO)C3CCNC[C@H]3C(=O)O)c2c1.Cl. The summed E-state index contributed by atoms with van der Waals surface area (Å²) in [6.07, 6.45) is 2.77. The lowest BCUT2D eigenvalue weighted by atomic mass is 9.72. The van der Waals surface area contributed by atoms with Crippen LogP contribution in [0.3, 0.4) is 0 Å². The van der Waals surface area contributed by atoms with Crippen molar-refractivity contribution in [2.24, 2.45) is 11.8 Å². The Morgan fingerprint density at radius 2 is 2.26 bits per heavy atom. The molecule has 6 nitrogen and oxygen atoms in total. The van der Waals surface area contributed by atoms with Gasteiger partial charge in [0.15, 0.2) is 0 Å². The Balaban J connectivity index is 0.00000261. The Bertz CT molecular complexity index is 803. The number of rotatable bonds is 6. The molecule has 0 radical (unpaired) electrons. The van der Waals surface area contributed by atoms with E-state index in [1.54, 1.807) is 13.3 Å². The van der Waals surface area contributed by atoms with Crippen LogP contribution >= 0.6 is 24.0 Å². The van der Waals surface area contributed by atoms with Gasteiger partial charge in [-0.1, -0.05) is 11.6 Å². The molecule has 0 bridgehead atoms. The van der Waals surface area contributed by atoms with E-state index in [2.05, 4.69) is 10.3 Å². The van der Waals surface area contributed by atoms with E-state index in [1.807, 2.05) is 18.2 Å². The summed E-state index contributed by atoms with van der Waals surface area (Å²) >= 11 is 6.53. The fourth-order valence-electron chi connectivity index (χ4n) is 4.01. The molecule has 27 heavy (non-hydrogen) atoms. The third-order valence-electron chi connectivity index (χ3n) is 5.25. The number of fused-ring (bicyclic) bond motifs is 1. The lowest BCUT2D eigenvalue weighted by Crippen LogP contribution is -2.43. The van der Waals surface area contributed by atoms with Gasteiger partial charge in [-0.2, -0.15) is 0 Å². The predicted octanol–water partition coefficient (Wildman–Crippen LogP) is 3.09. The van der Waals surface area contributed by atoms with Crippen LogP contribution in [0, 0.1) is 11.8 Å². The number of carbonyl (C=O) groups is 1.